The van der Waals surface area contributed by atoms with Gasteiger partial charge in [0.05, 0.1) is 0 Å². The Hall–Kier alpha value is -1.38. The lowest BCUT2D eigenvalue weighted by molar-refractivity contribution is 1.10. The third-order valence-corrected chi connectivity index (χ3v) is 1.71. The summed E-state index contributed by atoms with van der Waals surface area (Å²) in [6.07, 6.45) is 3.73. The molecule has 0 N–H and O–H groups in total. The van der Waals surface area contributed by atoms with Crippen molar-refractivity contribution in [3.8, 4) is 0 Å². The van der Waals surface area contributed by atoms with E-state index in [1.165, 1.54) is 11.1 Å². The van der Waals surface area contributed by atoms with E-state index in [0.29, 0.717) is 0 Å². The third kappa shape index (κ3) is 0.888. The molecule has 0 saturated heterocycles. The molecule has 11 heavy (non-hydrogen) atoms. The molecular weight excluding hydrogens is 138 g/mol. The zero-order valence-electron chi connectivity index (χ0n) is 6.57. The van der Waals surface area contributed by atoms with Crippen LogP contribution in [0.5, 0.6) is 0 Å². The van der Waals surface area contributed by atoms with Crippen molar-refractivity contribution in [3.05, 3.63) is 29.7 Å². The van der Waals surface area contributed by atoms with Gasteiger partial charge in [0.1, 0.15) is 6.33 Å². The van der Waals surface area contributed by atoms with Crippen LogP contribution in [-0.4, -0.2) is 14.6 Å². The Bertz CT molecular complexity index is 389. The highest BCUT2D eigenvalue weighted by molar-refractivity contribution is 5.46. The highest BCUT2D eigenvalue weighted by Crippen LogP contribution is 2.08. The summed E-state index contributed by atoms with van der Waals surface area (Å²) in [5.41, 5.74) is 3.34. The molecule has 0 unspecified atom stereocenters. The molecule has 2 rings (SSSR count). The molecule has 0 aromatic carbocycles. The fraction of sp³-hybridized carbons (Fsp3) is 0.250. The molecule has 0 fully saturated rings. The maximum Gasteiger partial charge on any atom is 0.163 e. The Balaban J connectivity index is 2.91. The Morgan fingerprint density at radius 1 is 1.36 bits per heavy atom. The van der Waals surface area contributed by atoms with Crippen LogP contribution in [0.25, 0.3) is 5.65 Å². The van der Waals surface area contributed by atoms with Gasteiger partial charge in [0, 0.05) is 6.20 Å². The Morgan fingerprint density at radius 2 is 2.18 bits per heavy atom. The summed E-state index contributed by atoms with van der Waals surface area (Å²) in [4.78, 5) is 0. The average molecular weight is 147 g/mol. The Morgan fingerprint density at radius 3 is 3.00 bits per heavy atom. The first-order valence-electron chi connectivity index (χ1n) is 3.54. The van der Waals surface area contributed by atoms with Crippen molar-refractivity contribution in [1.82, 2.24) is 14.6 Å². The van der Waals surface area contributed by atoms with Crippen molar-refractivity contribution < 1.29 is 0 Å². The molecule has 3 heteroatoms. The predicted octanol–water partition coefficient (Wildman–Crippen LogP) is 1.35. The zero-order valence-corrected chi connectivity index (χ0v) is 6.57. The first-order valence-corrected chi connectivity index (χ1v) is 3.54. The van der Waals surface area contributed by atoms with Gasteiger partial charge in [-0.2, -0.15) is 0 Å². The smallest absolute Gasteiger partial charge is 0.163 e. The van der Waals surface area contributed by atoms with Crippen LogP contribution in [0.2, 0.25) is 0 Å². The Labute approximate surface area is 64.7 Å². The second-order valence-electron chi connectivity index (χ2n) is 2.76. The monoisotopic (exact) mass is 147 g/mol. The second-order valence-corrected chi connectivity index (χ2v) is 2.76. The number of rotatable bonds is 0. The first-order chi connectivity index (χ1) is 5.27. The van der Waals surface area contributed by atoms with Crippen LogP contribution in [0, 0.1) is 13.8 Å². The molecule has 0 aliphatic rings. The summed E-state index contributed by atoms with van der Waals surface area (Å²) in [5, 5.41) is 7.79. The van der Waals surface area contributed by atoms with E-state index in [4.69, 9.17) is 0 Å². The largest absolute Gasteiger partial charge is 0.289 e. The van der Waals surface area contributed by atoms with E-state index < -0.39 is 0 Å². The summed E-state index contributed by atoms with van der Waals surface area (Å²) >= 11 is 0. The maximum absolute atomic E-state index is 3.97. The number of pyridine rings is 1. The van der Waals surface area contributed by atoms with Gasteiger partial charge in [-0.25, -0.2) is 0 Å². The molecule has 0 radical (unpaired) electrons. The summed E-state index contributed by atoms with van der Waals surface area (Å²) in [6, 6.07) is 2.10. The molecule has 0 aliphatic heterocycles. The van der Waals surface area contributed by atoms with Gasteiger partial charge < -0.3 is 0 Å². The SMILES string of the molecule is Cc1cc(C)c2nncn2c1. The maximum atomic E-state index is 3.97. The molecule has 0 atom stereocenters. The van der Waals surface area contributed by atoms with Crippen molar-refractivity contribution in [1.29, 1.82) is 0 Å². The van der Waals surface area contributed by atoms with Crippen LogP contribution in [0.15, 0.2) is 18.6 Å². The number of aromatic nitrogens is 3. The van der Waals surface area contributed by atoms with E-state index >= 15 is 0 Å². The minimum atomic E-state index is 0.940. The lowest BCUT2D eigenvalue weighted by Gasteiger charge is -1.97. The third-order valence-electron chi connectivity index (χ3n) is 1.71. The van der Waals surface area contributed by atoms with E-state index in [9.17, 15) is 0 Å². The van der Waals surface area contributed by atoms with Gasteiger partial charge in [-0.05, 0) is 25.0 Å². The van der Waals surface area contributed by atoms with Crippen LogP contribution >= 0.6 is 0 Å². The quantitative estimate of drug-likeness (QED) is 0.563. The van der Waals surface area contributed by atoms with E-state index in [1.807, 2.05) is 17.5 Å². The van der Waals surface area contributed by atoms with Crippen molar-refractivity contribution in [2.24, 2.45) is 0 Å². The highest BCUT2D eigenvalue weighted by Gasteiger charge is 1.98. The highest BCUT2D eigenvalue weighted by atomic mass is 15.2. The van der Waals surface area contributed by atoms with Gasteiger partial charge in [0.2, 0.25) is 0 Å². The number of hydrogen-bond donors (Lipinski definition) is 0. The molecule has 2 aromatic heterocycles. The normalized spacial score (nSPS) is 10.7. The van der Waals surface area contributed by atoms with Crippen molar-refractivity contribution in [3.63, 3.8) is 0 Å². The number of nitrogens with zero attached hydrogens (tertiary/aromatic N) is 3. The summed E-state index contributed by atoms with van der Waals surface area (Å²) in [6.45, 7) is 4.10. The second kappa shape index (κ2) is 2.05. The lowest BCUT2D eigenvalue weighted by atomic mass is 10.2. The van der Waals surface area contributed by atoms with Crippen LogP contribution in [0.3, 0.4) is 0 Å². The molecule has 56 valence electrons. The number of aryl methyl sites for hydroxylation is 2. The van der Waals surface area contributed by atoms with Crippen LogP contribution < -0.4 is 0 Å². The van der Waals surface area contributed by atoms with Gasteiger partial charge in [-0.1, -0.05) is 6.07 Å². The van der Waals surface area contributed by atoms with Gasteiger partial charge in [0.25, 0.3) is 0 Å². The fourth-order valence-corrected chi connectivity index (χ4v) is 1.28. The first kappa shape index (κ1) is 6.34. The van der Waals surface area contributed by atoms with Crippen LogP contribution in [0.4, 0.5) is 0 Å². The minimum absolute atomic E-state index is 0.940. The molecular formula is C8H9N3. The molecule has 2 aromatic rings. The van der Waals surface area contributed by atoms with E-state index in [1.54, 1.807) is 6.33 Å². The van der Waals surface area contributed by atoms with E-state index in [2.05, 4.69) is 23.2 Å². The molecule has 0 spiro atoms. The minimum Gasteiger partial charge on any atom is -0.289 e. The standard InChI is InChI=1S/C8H9N3/c1-6-3-7(2)8-10-9-5-11(8)4-6/h3-5H,1-2H3. The van der Waals surface area contributed by atoms with Crippen molar-refractivity contribution >= 4 is 5.65 Å². The predicted molar refractivity (Wildman–Crippen MR) is 42.5 cm³/mol. The summed E-state index contributed by atoms with van der Waals surface area (Å²) < 4.78 is 1.94. The number of fused-ring (bicyclic) bond motifs is 1. The zero-order chi connectivity index (χ0) is 7.84. The number of hydrogen-bond acceptors (Lipinski definition) is 2. The van der Waals surface area contributed by atoms with Gasteiger partial charge in [-0.3, -0.25) is 4.40 Å². The molecule has 0 amide bonds. The fourth-order valence-electron chi connectivity index (χ4n) is 1.28. The van der Waals surface area contributed by atoms with Crippen LogP contribution in [-0.2, 0) is 0 Å². The van der Waals surface area contributed by atoms with E-state index in [0.717, 1.165) is 5.65 Å². The Kier molecular flexibility index (Phi) is 1.18. The van der Waals surface area contributed by atoms with Crippen LogP contribution in [0.1, 0.15) is 11.1 Å². The van der Waals surface area contributed by atoms with Gasteiger partial charge in [0.15, 0.2) is 5.65 Å². The lowest BCUT2D eigenvalue weighted by Crippen LogP contribution is -1.88. The molecule has 3 nitrogen and oxygen atoms in total. The molecule has 0 bridgehead atoms. The van der Waals surface area contributed by atoms with Gasteiger partial charge >= 0.3 is 0 Å². The molecule has 2 heterocycles. The molecule has 0 saturated carbocycles. The molecule has 0 aliphatic carbocycles. The van der Waals surface area contributed by atoms with Gasteiger partial charge in [-0.15, -0.1) is 10.2 Å². The average Bonchev–Trinajstić information content (AvgIpc) is 2.34. The van der Waals surface area contributed by atoms with Crippen molar-refractivity contribution in [2.75, 3.05) is 0 Å². The summed E-state index contributed by atoms with van der Waals surface area (Å²) in [7, 11) is 0. The van der Waals surface area contributed by atoms with Crippen molar-refractivity contribution in [2.45, 2.75) is 13.8 Å². The topological polar surface area (TPSA) is 30.2 Å². The summed E-state index contributed by atoms with van der Waals surface area (Å²) in [5.74, 6) is 0. The van der Waals surface area contributed by atoms with E-state index in [-0.39, 0.29) is 0 Å².